The molecule has 2 heterocycles. The van der Waals surface area contributed by atoms with E-state index in [1.165, 1.54) is 20.0 Å². The Morgan fingerprint density at radius 2 is 1.85 bits per heavy atom. The zero-order valence-corrected chi connectivity index (χ0v) is 19.7. The number of aliphatic carboxylic acids is 1. The van der Waals surface area contributed by atoms with E-state index in [-0.39, 0.29) is 12.1 Å². The summed E-state index contributed by atoms with van der Waals surface area (Å²) in [5, 5.41) is 10.1. The van der Waals surface area contributed by atoms with Crippen molar-refractivity contribution in [3.63, 3.8) is 0 Å². The molecule has 1 fully saturated rings. The fraction of sp³-hybridized carbons (Fsp3) is 0.444. The molecule has 1 aliphatic carbocycles. The number of anilines is 1. The van der Waals surface area contributed by atoms with E-state index in [0.29, 0.717) is 12.5 Å². The standard InChI is InChI=1S/C27H31N3O4/c1-17-12-13-20-22(29(17)27(33)34-2)14-15-23-25(20)28-24(30(23)19-10-6-7-11-19)16-21(26(31)32)18-8-4-3-5-9-18/h3-5,8-9,14-15,17,19,21H,6-7,10-13,16H2,1-2H3,(H,31,32)/t17-,21-/m0/s1. The van der Waals surface area contributed by atoms with Gasteiger partial charge in [0.15, 0.2) is 0 Å². The molecule has 0 radical (unpaired) electrons. The minimum atomic E-state index is -0.844. The molecule has 5 rings (SSSR count). The van der Waals surface area contributed by atoms with Crippen molar-refractivity contribution < 1.29 is 19.4 Å². The van der Waals surface area contributed by atoms with Gasteiger partial charge >= 0.3 is 12.1 Å². The molecule has 1 saturated carbocycles. The lowest BCUT2D eigenvalue weighted by atomic mass is 9.95. The molecule has 0 spiro atoms. The summed E-state index contributed by atoms with van der Waals surface area (Å²) in [7, 11) is 1.41. The summed E-state index contributed by atoms with van der Waals surface area (Å²) in [5.74, 6) is -0.695. The molecular formula is C27H31N3O4. The number of carboxylic acid groups (broad SMARTS) is 1. The van der Waals surface area contributed by atoms with Crippen molar-refractivity contribution in [3.8, 4) is 0 Å². The van der Waals surface area contributed by atoms with Crippen LogP contribution in [0.1, 0.15) is 67.9 Å². The van der Waals surface area contributed by atoms with Gasteiger partial charge in [0.25, 0.3) is 0 Å². The lowest BCUT2D eigenvalue weighted by molar-refractivity contribution is -0.138. The molecule has 7 nitrogen and oxygen atoms in total. The SMILES string of the molecule is COC(=O)N1c2ccc3c(nc(C[C@H](C(=O)O)c4ccccc4)n3C3CCCC3)c2CC[C@@H]1C. The van der Waals surface area contributed by atoms with Crippen LogP contribution in [0.4, 0.5) is 10.5 Å². The maximum Gasteiger partial charge on any atom is 0.414 e. The van der Waals surface area contributed by atoms with Gasteiger partial charge in [-0.05, 0) is 50.3 Å². The largest absolute Gasteiger partial charge is 0.481 e. The molecular weight excluding hydrogens is 430 g/mol. The number of fused-ring (bicyclic) bond motifs is 3. The molecule has 7 heteroatoms. The molecule has 2 aromatic carbocycles. The van der Waals surface area contributed by atoms with Crippen molar-refractivity contribution in [1.29, 1.82) is 0 Å². The Labute approximate surface area is 199 Å². The van der Waals surface area contributed by atoms with Crippen molar-refractivity contribution in [2.24, 2.45) is 0 Å². The van der Waals surface area contributed by atoms with Crippen molar-refractivity contribution in [2.75, 3.05) is 12.0 Å². The number of methoxy groups -OCH3 is 1. The van der Waals surface area contributed by atoms with E-state index in [9.17, 15) is 14.7 Å². The second-order valence-corrected chi connectivity index (χ2v) is 9.50. The molecule has 3 aromatic rings. The summed E-state index contributed by atoms with van der Waals surface area (Å²) >= 11 is 0. The number of imidazole rings is 1. The Morgan fingerprint density at radius 1 is 1.12 bits per heavy atom. The predicted molar refractivity (Wildman–Crippen MR) is 130 cm³/mol. The van der Waals surface area contributed by atoms with Crippen LogP contribution in [-0.4, -0.2) is 39.9 Å². The third kappa shape index (κ3) is 3.83. The molecule has 178 valence electrons. The number of carbonyl (C=O) groups is 2. The number of carboxylic acids is 1. The number of amides is 1. The normalized spacial score (nSPS) is 19.2. The van der Waals surface area contributed by atoms with Crippen molar-refractivity contribution in [2.45, 2.75) is 69.9 Å². The fourth-order valence-corrected chi connectivity index (χ4v) is 5.75. The van der Waals surface area contributed by atoms with Crippen molar-refractivity contribution in [3.05, 3.63) is 59.4 Å². The summed E-state index contributed by atoms with van der Waals surface area (Å²) in [4.78, 5) is 31.6. The quantitative estimate of drug-likeness (QED) is 0.545. The van der Waals surface area contributed by atoms with Crippen molar-refractivity contribution in [1.82, 2.24) is 9.55 Å². The number of hydrogen-bond donors (Lipinski definition) is 1. The molecule has 34 heavy (non-hydrogen) atoms. The Hall–Kier alpha value is -3.35. The summed E-state index contributed by atoms with van der Waals surface area (Å²) in [5.41, 5.74) is 4.60. The number of aryl methyl sites for hydroxylation is 1. The predicted octanol–water partition coefficient (Wildman–Crippen LogP) is 5.47. The van der Waals surface area contributed by atoms with Gasteiger partial charge in [0.2, 0.25) is 0 Å². The topological polar surface area (TPSA) is 84.7 Å². The van der Waals surface area contributed by atoms with Crippen LogP contribution in [0.2, 0.25) is 0 Å². The molecule has 0 bridgehead atoms. The van der Waals surface area contributed by atoms with E-state index in [2.05, 4.69) is 10.6 Å². The van der Waals surface area contributed by atoms with Gasteiger partial charge in [-0.15, -0.1) is 0 Å². The number of benzene rings is 2. The number of aromatic nitrogens is 2. The molecule has 2 atom stereocenters. The van der Waals surface area contributed by atoms with Gasteiger partial charge in [0.1, 0.15) is 5.82 Å². The Bertz CT molecular complexity index is 1210. The van der Waals surface area contributed by atoms with E-state index in [0.717, 1.165) is 59.4 Å². The zero-order valence-electron chi connectivity index (χ0n) is 19.7. The molecule has 2 aliphatic rings. The highest BCUT2D eigenvalue weighted by molar-refractivity contribution is 5.95. The van der Waals surface area contributed by atoms with Gasteiger partial charge < -0.3 is 14.4 Å². The van der Waals surface area contributed by atoms with E-state index >= 15 is 0 Å². The lowest BCUT2D eigenvalue weighted by Crippen LogP contribution is -2.42. The Morgan fingerprint density at radius 3 is 2.53 bits per heavy atom. The molecule has 0 unspecified atom stereocenters. The zero-order chi connectivity index (χ0) is 23.8. The van der Waals surface area contributed by atoms with Crippen LogP contribution in [0, 0.1) is 0 Å². The van der Waals surface area contributed by atoms with Gasteiger partial charge in [-0.2, -0.15) is 0 Å². The highest BCUT2D eigenvalue weighted by Gasteiger charge is 2.33. The molecule has 1 aliphatic heterocycles. The van der Waals surface area contributed by atoms with Gasteiger partial charge in [0, 0.05) is 24.1 Å². The monoisotopic (exact) mass is 461 g/mol. The lowest BCUT2D eigenvalue weighted by Gasteiger charge is -2.34. The average Bonchev–Trinajstić information content (AvgIpc) is 3.49. The highest BCUT2D eigenvalue weighted by Crippen LogP contribution is 2.40. The van der Waals surface area contributed by atoms with Crippen LogP contribution in [0.25, 0.3) is 11.0 Å². The van der Waals surface area contributed by atoms with Crippen LogP contribution in [0.3, 0.4) is 0 Å². The maximum atomic E-state index is 12.5. The summed E-state index contributed by atoms with van der Waals surface area (Å²) in [6.45, 7) is 2.03. The summed E-state index contributed by atoms with van der Waals surface area (Å²) in [6, 6.07) is 13.8. The van der Waals surface area contributed by atoms with Crippen LogP contribution in [0.15, 0.2) is 42.5 Å². The number of rotatable bonds is 5. The van der Waals surface area contributed by atoms with Crippen molar-refractivity contribution >= 4 is 28.8 Å². The second kappa shape index (κ2) is 9.12. The minimum Gasteiger partial charge on any atom is -0.481 e. The minimum absolute atomic E-state index is 0.0447. The first-order valence-corrected chi connectivity index (χ1v) is 12.2. The Kier molecular flexibility index (Phi) is 6.02. The first-order chi connectivity index (χ1) is 16.5. The van der Waals surface area contributed by atoms with Gasteiger partial charge in [-0.1, -0.05) is 43.2 Å². The highest BCUT2D eigenvalue weighted by atomic mass is 16.5. The van der Waals surface area contributed by atoms with E-state index in [1.54, 1.807) is 4.90 Å². The van der Waals surface area contributed by atoms with Gasteiger partial charge in [-0.3, -0.25) is 9.69 Å². The first-order valence-electron chi connectivity index (χ1n) is 12.2. The third-order valence-corrected chi connectivity index (χ3v) is 7.48. The van der Waals surface area contributed by atoms with Gasteiger partial charge in [0.05, 0.1) is 29.7 Å². The third-order valence-electron chi connectivity index (χ3n) is 7.48. The fourth-order valence-electron chi connectivity index (χ4n) is 5.75. The summed E-state index contributed by atoms with van der Waals surface area (Å²) in [6.07, 6.45) is 6.10. The molecule has 0 saturated heterocycles. The number of ether oxygens (including phenoxy) is 1. The number of carbonyl (C=O) groups excluding carboxylic acids is 1. The van der Waals surface area contributed by atoms with Crippen LogP contribution >= 0.6 is 0 Å². The molecule has 1 aromatic heterocycles. The van der Waals surface area contributed by atoms with E-state index in [1.807, 2.05) is 43.3 Å². The van der Waals surface area contributed by atoms with Crippen LogP contribution < -0.4 is 4.90 Å². The number of nitrogens with zero attached hydrogens (tertiary/aromatic N) is 3. The van der Waals surface area contributed by atoms with Crippen LogP contribution in [-0.2, 0) is 22.4 Å². The van der Waals surface area contributed by atoms with E-state index in [4.69, 9.17) is 9.72 Å². The molecule has 1 N–H and O–H groups in total. The van der Waals surface area contributed by atoms with Crippen LogP contribution in [0.5, 0.6) is 0 Å². The summed E-state index contributed by atoms with van der Waals surface area (Å²) < 4.78 is 7.36. The number of hydrogen-bond acceptors (Lipinski definition) is 4. The van der Waals surface area contributed by atoms with E-state index < -0.39 is 11.9 Å². The Balaban J connectivity index is 1.65. The maximum absolute atomic E-state index is 12.5. The smallest absolute Gasteiger partial charge is 0.414 e. The average molecular weight is 462 g/mol. The molecule has 1 amide bonds. The first kappa shape index (κ1) is 22.4. The second-order valence-electron chi connectivity index (χ2n) is 9.50. The van der Waals surface area contributed by atoms with Gasteiger partial charge in [-0.25, -0.2) is 9.78 Å².